The summed E-state index contributed by atoms with van der Waals surface area (Å²) in [6.07, 6.45) is 2.22. The van der Waals surface area contributed by atoms with Gasteiger partial charge in [0.25, 0.3) is 0 Å². The zero-order chi connectivity index (χ0) is 12.8. The Morgan fingerprint density at radius 1 is 1.41 bits per heavy atom. The van der Waals surface area contributed by atoms with Crippen LogP contribution in [0.4, 0.5) is 0 Å². The molecule has 1 aromatic carbocycles. The fourth-order valence-corrected chi connectivity index (χ4v) is 2.23. The predicted molar refractivity (Wildman–Crippen MR) is 71.6 cm³/mol. The minimum atomic E-state index is -0.0141. The largest absolute Gasteiger partial charge is 0.493 e. The molecule has 0 aliphatic carbocycles. The normalized spacial score (nSPS) is 12.3. The molecule has 0 bridgehead atoms. The van der Waals surface area contributed by atoms with Gasteiger partial charge in [-0.2, -0.15) is 0 Å². The van der Waals surface area contributed by atoms with Gasteiger partial charge in [0.1, 0.15) is 0 Å². The molecule has 1 unspecified atom stereocenters. The maximum Gasteiger partial charge on any atom is 0.175 e. The number of rotatable bonds is 6. The highest BCUT2D eigenvalue weighted by Crippen LogP contribution is 2.37. The number of aliphatic hydroxyl groups is 1. The summed E-state index contributed by atoms with van der Waals surface area (Å²) in [5.74, 6) is 1.34. The molecular weight excluding hydrogens is 284 g/mol. The first-order chi connectivity index (χ1) is 8.12. The van der Waals surface area contributed by atoms with Crippen molar-refractivity contribution in [3.8, 4) is 11.5 Å². The van der Waals surface area contributed by atoms with Gasteiger partial charge in [0, 0.05) is 0 Å². The van der Waals surface area contributed by atoms with E-state index >= 15 is 0 Å². The topological polar surface area (TPSA) is 38.7 Å². The van der Waals surface area contributed by atoms with Gasteiger partial charge in [-0.15, -0.1) is 0 Å². The second kappa shape index (κ2) is 6.87. The lowest BCUT2D eigenvalue weighted by Gasteiger charge is -2.18. The summed E-state index contributed by atoms with van der Waals surface area (Å²) in [4.78, 5) is 0. The molecule has 0 aliphatic rings. The Morgan fingerprint density at radius 3 is 2.65 bits per heavy atom. The lowest BCUT2D eigenvalue weighted by molar-refractivity contribution is 0.199. The second-order valence-electron chi connectivity index (χ2n) is 3.98. The van der Waals surface area contributed by atoms with Crippen LogP contribution in [-0.2, 0) is 6.61 Å². The van der Waals surface area contributed by atoms with Crippen molar-refractivity contribution in [2.75, 3.05) is 7.11 Å². The number of hydrogen-bond acceptors (Lipinski definition) is 3. The molecule has 0 fully saturated rings. The molecule has 0 saturated heterocycles. The highest BCUT2D eigenvalue weighted by atomic mass is 79.9. The smallest absolute Gasteiger partial charge is 0.175 e. The van der Waals surface area contributed by atoms with Gasteiger partial charge >= 0.3 is 0 Å². The first-order valence-corrected chi connectivity index (χ1v) is 6.55. The van der Waals surface area contributed by atoms with Crippen LogP contribution >= 0.6 is 15.9 Å². The van der Waals surface area contributed by atoms with E-state index in [4.69, 9.17) is 14.6 Å². The van der Waals surface area contributed by atoms with Crippen molar-refractivity contribution < 1.29 is 14.6 Å². The average molecular weight is 303 g/mol. The van der Waals surface area contributed by atoms with Crippen LogP contribution in [0.1, 0.15) is 32.3 Å². The maximum absolute atomic E-state index is 9.12. The zero-order valence-electron chi connectivity index (χ0n) is 10.5. The fraction of sp³-hybridized carbons (Fsp3) is 0.538. The summed E-state index contributed by atoms with van der Waals surface area (Å²) >= 11 is 3.44. The number of benzene rings is 1. The van der Waals surface area contributed by atoms with E-state index in [0.29, 0.717) is 11.5 Å². The number of aliphatic hydroxyl groups excluding tert-OH is 1. The van der Waals surface area contributed by atoms with Crippen LogP contribution in [0.25, 0.3) is 0 Å². The van der Waals surface area contributed by atoms with Crippen LogP contribution in [0, 0.1) is 0 Å². The van der Waals surface area contributed by atoms with E-state index in [1.807, 2.05) is 13.0 Å². The molecule has 4 heteroatoms. The highest BCUT2D eigenvalue weighted by Gasteiger charge is 2.14. The lowest BCUT2D eigenvalue weighted by Crippen LogP contribution is -2.12. The van der Waals surface area contributed by atoms with Gasteiger partial charge < -0.3 is 14.6 Å². The molecule has 0 saturated carbocycles. The van der Waals surface area contributed by atoms with E-state index in [9.17, 15) is 0 Å². The molecule has 0 spiro atoms. The van der Waals surface area contributed by atoms with Crippen molar-refractivity contribution in [1.82, 2.24) is 0 Å². The molecule has 0 aromatic heterocycles. The first kappa shape index (κ1) is 14.3. The summed E-state index contributed by atoms with van der Waals surface area (Å²) in [7, 11) is 1.60. The summed E-state index contributed by atoms with van der Waals surface area (Å²) < 4.78 is 11.9. The SMILES string of the molecule is CCCC(C)Oc1c(Br)cc(CO)cc1OC. The molecule has 96 valence electrons. The van der Waals surface area contributed by atoms with Crippen LogP contribution in [-0.4, -0.2) is 18.3 Å². The van der Waals surface area contributed by atoms with E-state index in [1.54, 1.807) is 13.2 Å². The van der Waals surface area contributed by atoms with Crippen molar-refractivity contribution in [2.45, 2.75) is 39.4 Å². The molecule has 1 rings (SSSR count). The second-order valence-corrected chi connectivity index (χ2v) is 4.84. The van der Waals surface area contributed by atoms with E-state index in [-0.39, 0.29) is 12.7 Å². The lowest BCUT2D eigenvalue weighted by atomic mass is 10.2. The third-order valence-corrected chi connectivity index (χ3v) is 3.08. The van der Waals surface area contributed by atoms with Gasteiger partial charge in [0.05, 0.1) is 24.3 Å². The minimum absolute atomic E-state index is 0.0141. The molecule has 3 nitrogen and oxygen atoms in total. The average Bonchev–Trinajstić information content (AvgIpc) is 2.31. The Hall–Kier alpha value is -0.740. The molecule has 1 atom stereocenters. The van der Waals surface area contributed by atoms with E-state index in [0.717, 1.165) is 22.9 Å². The Bertz CT molecular complexity index is 366. The van der Waals surface area contributed by atoms with E-state index in [2.05, 4.69) is 22.9 Å². The maximum atomic E-state index is 9.12. The predicted octanol–water partition coefficient (Wildman–Crippen LogP) is 3.52. The number of halogens is 1. The number of hydrogen-bond donors (Lipinski definition) is 1. The van der Waals surface area contributed by atoms with Gasteiger partial charge in [0.15, 0.2) is 11.5 Å². The van der Waals surface area contributed by atoms with Crippen molar-refractivity contribution >= 4 is 15.9 Å². The summed E-state index contributed by atoms with van der Waals surface area (Å²) in [5.41, 5.74) is 0.796. The van der Waals surface area contributed by atoms with Crippen molar-refractivity contribution in [2.24, 2.45) is 0 Å². The monoisotopic (exact) mass is 302 g/mol. The molecule has 0 aliphatic heterocycles. The summed E-state index contributed by atoms with van der Waals surface area (Å²) in [6.45, 7) is 4.15. The molecule has 0 heterocycles. The van der Waals surface area contributed by atoms with Crippen molar-refractivity contribution in [3.63, 3.8) is 0 Å². The Morgan fingerprint density at radius 2 is 2.12 bits per heavy atom. The van der Waals surface area contributed by atoms with Gasteiger partial charge in [-0.1, -0.05) is 13.3 Å². The molecule has 1 aromatic rings. The quantitative estimate of drug-likeness (QED) is 0.874. The summed E-state index contributed by atoms with van der Waals surface area (Å²) in [5, 5.41) is 9.12. The van der Waals surface area contributed by atoms with Crippen LogP contribution in [0.3, 0.4) is 0 Å². The van der Waals surface area contributed by atoms with Gasteiger partial charge in [-0.3, -0.25) is 0 Å². The van der Waals surface area contributed by atoms with Crippen LogP contribution < -0.4 is 9.47 Å². The van der Waals surface area contributed by atoms with Gasteiger partial charge in [-0.25, -0.2) is 0 Å². The van der Waals surface area contributed by atoms with Crippen molar-refractivity contribution in [3.05, 3.63) is 22.2 Å². The van der Waals surface area contributed by atoms with Crippen LogP contribution in [0.5, 0.6) is 11.5 Å². The van der Waals surface area contributed by atoms with Crippen LogP contribution in [0.15, 0.2) is 16.6 Å². The third kappa shape index (κ3) is 3.89. The van der Waals surface area contributed by atoms with E-state index < -0.39 is 0 Å². The summed E-state index contributed by atoms with van der Waals surface area (Å²) in [6, 6.07) is 3.63. The van der Waals surface area contributed by atoms with Gasteiger partial charge in [-0.05, 0) is 47.0 Å². The fourth-order valence-electron chi connectivity index (χ4n) is 1.65. The first-order valence-electron chi connectivity index (χ1n) is 5.76. The van der Waals surface area contributed by atoms with Crippen LogP contribution in [0.2, 0.25) is 0 Å². The third-order valence-electron chi connectivity index (χ3n) is 2.49. The molecule has 17 heavy (non-hydrogen) atoms. The zero-order valence-corrected chi connectivity index (χ0v) is 12.1. The molecule has 0 radical (unpaired) electrons. The Labute approximate surface area is 111 Å². The minimum Gasteiger partial charge on any atom is -0.493 e. The standard InChI is InChI=1S/C13H19BrO3/c1-4-5-9(2)17-13-11(14)6-10(8-15)7-12(13)16-3/h6-7,9,15H,4-5,8H2,1-3H3. The number of ether oxygens (including phenoxy) is 2. The highest BCUT2D eigenvalue weighted by molar-refractivity contribution is 9.10. The van der Waals surface area contributed by atoms with Gasteiger partial charge in [0.2, 0.25) is 0 Å². The van der Waals surface area contributed by atoms with Crippen molar-refractivity contribution in [1.29, 1.82) is 0 Å². The molecular formula is C13H19BrO3. The Balaban J connectivity index is 2.97. The molecule has 0 amide bonds. The van der Waals surface area contributed by atoms with E-state index in [1.165, 1.54) is 0 Å². The molecule has 1 N–H and O–H groups in total. The number of methoxy groups -OCH3 is 1. The Kier molecular flexibility index (Phi) is 5.78.